The molecule has 0 amide bonds. The van der Waals surface area contributed by atoms with Crippen molar-refractivity contribution in [1.82, 2.24) is 0 Å². The molecule has 2 heteroatoms. The monoisotopic (exact) mass is 160 g/mol. The fraction of sp³-hybridized carbons (Fsp3) is 1.00. The van der Waals surface area contributed by atoms with Crippen LogP contribution in [-0.2, 0) is 4.43 Å². The van der Waals surface area contributed by atoms with Gasteiger partial charge in [-0.05, 0) is 12.5 Å². The van der Waals surface area contributed by atoms with Crippen LogP contribution in [0, 0.1) is 0 Å². The zero-order valence-corrected chi connectivity index (χ0v) is 8.77. The van der Waals surface area contributed by atoms with Crippen LogP contribution < -0.4 is 0 Å². The molecule has 0 aliphatic carbocycles. The smallest absolute Gasteiger partial charge is 0.161 e. The highest BCUT2D eigenvalue weighted by Gasteiger charge is 1.88. The SMILES string of the molecule is CCCCC[SiH2]OCCC. The van der Waals surface area contributed by atoms with Crippen molar-refractivity contribution < 1.29 is 4.43 Å². The number of rotatable bonds is 7. The van der Waals surface area contributed by atoms with E-state index >= 15 is 0 Å². The summed E-state index contributed by atoms with van der Waals surface area (Å²) in [7, 11) is -0.120. The Kier molecular flexibility index (Phi) is 9.34. The third kappa shape index (κ3) is 8.18. The molecular weight excluding hydrogens is 140 g/mol. The second kappa shape index (κ2) is 9.18. The van der Waals surface area contributed by atoms with Crippen molar-refractivity contribution in [3.63, 3.8) is 0 Å². The van der Waals surface area contributed by atoms with Gasteiger partial charge >= 0.3 is 0 Å². The summed E-state index contributed by atoms with van der Waals surface area (Å²) < 4.78 is 5.47. The predicted molar refractivity (Wildman–Crippen MR) is 49.1 cm³/mol. The fourth-order valence-electron chi connectivity index (χ4n) is 0.877. The lowest BCUT2D eigenvalue weighted by Crippen LogP contribution is -1.98. The minimum Gasteiger partial charge on any atom is -0.424 e. The van der Waals surface area contributed by atoms with Crippen molar-refractivity contribution in [2.75, 3.05) is 6.61 Å². The lowest BCUT2D eigenvalue weighted by atomic mass is 10.3. The summed E-state index contributed by atoms with van der Waals surface area (Å²) in [5, 5.41) is 0. The number of unbranched alkanes of at least 4 members (excludes halogenated alkanes) is 2. The van der Waals surface area contributed by atoms with E-state index in [-0.39, 0.29) is 9.76 Å². The Morgan fingerprint density at radius 3 is 2.50 bits per heavy atom. The van der Waals surface area contributed by atoms with Crippen molar-refractivity contribution in [3.05, 3.63) is 0 Å². The minimum absolute atomic E-state index is 0.120. The highest BCUT2D eigenvalue weighted by atomic mass is 28.2. The van der Waals surface area contributed by atoms with E-state index in [9.17, 15) is 0 Å². The Balaban J connectivity index is 2.65. The molecule has 0 aromatic rings. The maximum Gasteiger partial charge on any atom is 0.161 e. The topological polar surface area (TPSA) is 9.23 Å². The Labute approximate surface area is 67.1 Å². The van der Waals surface area contributed by atoms with Crippen molar-refractivity contribution >= 4 is 9.76 Å². The average molecular weight is 160 g/mol. The van der Waals surface area contributed by atoms with Crippen LogP contribution in [-0.4, -0.2) is 16.4 Å². The molecule has 0 aromatic carbocycles. The second-order valence-corrected chi connectivity index (χ2v) is 4.20. The fourth-order valence-corrected chi connectivity index (χ4v) is 2.13. The molecule has 0 aliphatic rings. The molecule has 0 atom stereocenters. The van der Waals surface area contributed by atoms with Crippen LogP contribution in [0.15, 0.2) is 0 Å². The Morgan fingerprint density at radius 2 is 1.90 bits per heavy atom. The van der Waals surface area contributed by atoms with Gasteiger partial charge in [0.1, 0.15) is 0 Å². The predicted octanol–water partition coefficient (Wildman–Crippen LogP) is 2.11. The molecule has 0 unspecified atom stereocenters. The summed E-state index contributed by atoms with van der Waals surface area (Å²) in [6, 6.07) is 1.38. The minimum atomic E-state index is -0.120. The van der Waals surface area contributed by atoms with Gasteiger partial charge in [-0.15, -0.1) is 0 Å². The van der Waals surface area contributed by atoms with Crippen LogP contribution in [0.1, 0.15) is 39.5 Å². The lowest BCUT2D eigenvalue weighted by molar-refractivity contribution is 0.334. The van der Waals surface area contributed by atoms with Crippen LogP contribution in [0.25, 0.3) is 0 Å². The van der Waals surface area contributed by atoms with Gasteiger partial charge in [0.15, 0.2) is 9.76 Å². The largest absolute Gasteiger partial charge is 0.424 e. The third-order valence-electron chi connectivity index (χ3n) is 1.49. The average Bonchev–Trinajstić information content (AvgIpc) is 1.97. The van der Waals surface area contributed by atoms with Crippen LogP contribution >= 0.6 is 0 Å². The molecule has 1 nitrogen and oxygen atoms in total. The summed E-state index contributed by atoms with van der Waals surface area (Å²) in [6.07, 6.45) is 5.30. The van der Waals surface area contributed by atoms with Crippen LogP contribution in [0.2, 0.25) is 6.04 Å². The van der Waals surface area contributed by atoms with E-state index in [0.29, 0.717) is 0 Å². The van der Waals surface area contributed by atoms with E-state index in [4.69, 9.17) is 4.43 Å². The molecule has 0 fully saturated rings. The first-order chi connectivity index (χ1) is 4.91. The molecule has 0 saturated carbocycles. The molecule has 0 aliphatic heterocycles. The van der Waals surface area contributed by atoms with E-state index in [0.717, 1.165) is 6.61 Å². The van der Waals surface area contributed by atoms with E-state index in [1.54, 1.807) is 0 Å². The molecule has 0 radical (unpaired) electrons. The Hall–Kier alpha value is 0.177. The summed E-state index contributed by atoms with van der Waals surface area (Å²) in [6.45, 7) is 5.41. The maximum absolute atomic E-state index is 5.47. The molecule has 62 valence electrons. The van der Waals surface area contributed by atoms with E-state index in [1.165, 1.54) is 31.7 Å². The summed E-state index contributed by atoms with van der Waals surface area (Å²) in [5.41, 5.74) is 0. The Morgan fingerprint density at radius 1 is 1.10 bits per heavy atom. The molecule has 0 saturated heterocycles. The summed E-state index contributed by atoms with van der Waals surface area (Å²) in [4.78, 5) is 0. The zero-order valence-electron chi connectivity index (χ0n) is 7.36. The van der Waals surface area contributed by atoms with Gasteiger partial charge in [0.25, 0.3) is 0 Å². The van der Waals surface area contributed by atoms with Gasteiger partial charge in [0.05, 0.1) is 0 Å². The number of hydrogen-bond acceptors (Lipinski definition) is 1. The van der Waals surface area contributed by atoms with E-state index < -0.39 is 0 Å². The van der Waals surface area contributed by atoms with Gasteiger partial charge in [-0.25, -0.2) is 0 Å². The van der Waals surface area contributed by atoms with Gasteiger partial charge < -0.3 is 4.43 Å². The first-order valence-electron chi connectivity index (χ1n) is 4.49. The molecule has 0 heterocycles. The molecule has 0 rings (SSSR count). The summed E-state index contributed by atoms with van der Waals surface area (Å²) in [5.74, 6) is 0. The van der Waals surface area contributed by atoms with E-state index in [1.807, 2.05) is 0 Å². The second-order valence-electron chi connectivity index (χ2n) is 2.67. The standard InChI is InChI=1S/C8H20OSi/c1-3-5-6-8-10-9-7-4-2/h3-8,10H2,1-2H3. The molecule has 0 bridgehead atoms. The Bertz CT molecular complexity index is 49.2. The highest BCUT2D eigenvalue weighted by molar-refractivity contribution is 6.26. The van der Waals surface area contributed by atoms with Crippen molar-refractivity contribution in [2.24, 2.45) is 0 Å². The molecule has 0 spiro atoms. The molecular formula is C8H20OSi. The van der Waals surface area contributed by atoms with Crippen molar-refractivity contribution in [1.29, 1.82) is 0 Å². The van der Waals surface area contributed by atoms with Gasteiger partial charge in [0, 0.05) is 6.61 Å². The molecule has 10 heavy (non-hydrogen) atoms. The van der Waals surface area contributed by atoms with E-state index in [2.05, 4.69) is 13.8 Å². The third-order valence-corrected chi connectivity index (χ3v) is 2.86. The van der Waals surface area contributed by atoms with Crippen LogP contribution in [0.5, 0.6) is 0 Å². The summed E-state index contributed by atoms with van der Waals surface area (Å²) >= 11 is 0. The van der Waals surface area contributed by atoms with Gasteiger partial charge in [-0.3, -0.25) is 0 Å². The molecule has 0 aromatic heterocycles. The van der Waals surface area contributed by atoms with Crippen molar-refractivity contribution in [3.8, 4) is 0 Å². The lowest BCUT2D eigenvalue weighted by Gasteiger charge is -1.99. The van der Waals surface area contributed by atoms with Crippen molar-refractivity contribution in [2.45, 2.75) is 45.6 Å². The van der Waals surface area contributed by atoms with Gasteiger partial charge in [0.2, 0.25) is 0 Å². The van der Waals surface area contributed by atoms with Crippen LogP contribution in [0.3, 0.4) is 0 Å². The van der Waals surface area contributed by atoms with Gasteiger partial charge in [-0.1, -0.05) is 33.1 Å². The maximum atomic E-state index is 5.47. The normalized spacial score (nSPS) is 11.4. The van der Waals surface area contributed by atoms with Crippen LogP contribution in [0.4, 0.5) is 0 Å². The first kappa shape index (κ1) is 10.2. The highest BCUT2D eigenvalue weighted by Crippen LogP contribution is 1.98. The first-order valence-corrected chi connectivity index (χ1v) is 6.07. The number of hydrogen-bond donors (Lipinski definition) is 0. The zero-order chi connectivity index (χ0) is 7.66. The van der Waals surface area contributed by atoms with Gasteiger partial charge in [-0.2, -0.15) is 0 Å². The quantitative estimate of drug-likeness (QED) is 0.409. The molecule has 0 N–H and O–H groups in total.